The van der Waals surface area contributed by atoms with Gasteiger partial charge < -0.3 is 19.9 Å². The lowest BCUT2D eigenvalue weighted by atomic mass is 10.1. The lowest BCUT2D eigenvalue weighted by Crippen LogP contribution is -2.47. The summed E-state index contributed by atoms with van der Waals surface area (Å²) in [5, 5.41) is 2.84. The zero-order valence-corrected chi connectivity index (χ0v) is 12.1. The zero-order chi connectivity index (χ0) is 14.8. The molecule has 2 aliphatic rings. The lowest BCUT2D eigenvalue weighted by molar-refractivity contribution is 0.0625. The quantitative estimate of drug-likeness (QED) is 0.856. The summed E-state index contributed by atoms with van der Waals surface area (Å²) in [5.41, 5.74) is 0.606. The number of rotatable bonds is 1. The molecule has 2 bridgehead atoms. The number of ether oxygens (including phenoxy) is 1. The molecule has 6 heteroatoms. The average Bonchev–Trinajstić information content (AvgIpc) is 2.71. The number of anilines is 1. The first kappa shape index (κ1) is 14.3. The van der Waals surface area contributed by atoms with Crippen LogP contribution in [0.15, 0.2) is 24.3 Å². The van der Waals surface area contributed by atoms with E-state index in [0.717, 1.165) is 13.1 Å². The van der Waals surface area contributed by atoms with Crippen molar-refractivity contribution in [2.24, 2.45) is 5.92 Å². The monoisotopic (exact) mass is 293 g/mol. The molecule has 2 saturated heterocycles. The molecule has 1 aromatic carbocycles. The Morgan fingerprint density at radius 1 is 1.24 bits per heavy atom. The second-order valence-corrected chi connectivity index (χ2v) is 5.87. The molecule has 1 aromatic rings. The van der Waals surface area contributed by atoms with Crippen molar-refractivity contribution in [3.8, 4) is 0 Å². The summed E-state index contributed by atoms with van der Waals surface area (Å²) < 4.78 is 18.6. The fraction of sp³-hybridized carbons (Fsp3) is 0.533. The molecule has 5 nitrogen and oxygen atoms in total. The van der Waals surface area contributed by atoms with Gasteiger partial charge in [0.2, 0.25) is 0 Å². The minimum absolute atomic E-state index is 0.0583. The number of hydrogen-bond donors (Lipinski definition) is 1. The van der Waals surface area contributed by atoms with Gasteiger partial charge in [-0.3, -0.25) is 0 Å². The van der Waals surface area contributed by atoms with Crippen LogP contribution in [0.1, 0.15) is 0 Å². The fourth-order valence-electron chi connectivity index (χ4n) is 3.05. The van der Waals surface area contributed by atoms with Crippen molar-refractivity contribution >= 4 is 11.7 Å². The average molecular weight is 293 g/mol. The Hall–Kier alpha value is -1.66. The SMILES string of the molecule is CN1C[C@@H]2COC[C@H](C1)N(C(=O)Nc1ccc(F)cc1)C2. The number of amides is 2. The normalized spacial score (nSPS) is 26.3. The van der Waals surface area contributed by atoms with Gasteiger partial charge in [0, 0.05) is 31.2 Å². The van der Waals surface area contributed by atoms with Gasteiger partial charge in [-0.15, -0.1) is 0 Å². The van der Waals surface area contributed by atoms with Crippen molar-refractivity contribution in [2.45, 2.75) is 6.04 Å². The molecule has 2 atom stereocenters. The highest BCUT2D eigenvalue weighted by molar-refractivity contribution is 5.89. The standard InChI is InChI=1S/C15H20FN3O2/c1-18-6-11-7-19(14(8-18)10-21-9-11)15(20)17-13-4-2-12(16)3-5-13/h2-5,11,14H,6-10H2,1H3,(H,17,20)/t11-,14-/m0/s1. The van der Waals surface area contributed by atoms with Crippen LogP contribution >= 0.6 is 0 Å². The van der Waals surface area contributed by atoms with Gasteiger partial charge in [0.25, 0.3) is 0 Å². The van der Waals surface area contributed by atoms with Crippen LogP contribution < -0.4 is 5.32 Å². The second-order valence-electron chi connectivity index (χ2n) is 5.87. The number of fused-ring (bicyclic) bond motifs is 3. The van der Waals surface area contributed by atoms with E-state index < -0.39 is 0 Å². The number of urea groups is 1. The number of carbonyl (C=O) groups is 1. The van der Waals surface area contributed by atoms with Crippen molar-refractivity contribution in [3.63, 3.8) is 0 Å². The number of benzene rings is 1. The van der Waals surface area contributed by atoms with E-state index in [1.54, 1.807) is 12.1 Å². The predicted octanol–water partition coefficient (Wildman–Crippen LogP) is 1.62. The minimum Gasteiger partial charge on any atom is -0.379 e. The smallest absolute Gasteiger partial charge is 0.322 e. The molecular formula is C15H20FN3O2. The molecule has 0 spiro atoms. The molecule has 2 heterocycles. The molecule has 0 radical (unpaired) electrons. The molecule has 0 saturated carbocycles. The highest BCUT2D eigenvalue weighted by atomic mass is 19.1. The molecule has 0 unspecified atom stereocenters. The maximum atomic E-state index is 12.9. The second kappa shape index (κ2) is 5.99. The van der Waals surface area contributed by atoms with Gasteiger partial charge in [0.1, 0.15) is 5.82 Å². The molecule has 1 N–H and O–H groups in total. The molecule has 0 aromatic heterocycles. The van der Waals surface area contributed by atoms with Crippen molar-refractivity contribution in [3.05, 3.63) is 30.1 Å². The molecule has 2 aliphatic heterocycles. The Kier molecular flexibility index (Phi) is 4.07. The summed E-state index contributed by atoms with van der Waals surface area (Å²) in [6.07, 6.45) is 0. The number of halogens is 1. The molecule has 21 heavy (non-hydrogen) atoms. The topological polar surface area (TPSA) is 44.8 Å². The fourth-order valence-corrected chi connectivity index (χ4v) is 3.05. The first-order chi connectivity index (χ1) is 10.1. The summed E-state index contributed by atoms with van der Waals surface area (Å²) in [4.78, 5) is 16.6. The first-order valence-corrected chi connectivity index (χ1v) is 7.21. The van der Waals surface area contributed by atoms with E-state index >= 15 is 0 Å². The van der Waals surface area contributed by atoms with Crippen LogP contribution in [0.25, 0.3) is 0 Å². The third-order valence-electron chi connectivity index (χ3n) is 4.01. The predicted molar refractivity (Wildman–Crippen MR) is 77.7 cm³/mol. The molecule has 3 rings (SSSR count). The number of carbonyl (C=O) groups excluding carboxylic acids is 1. The van der Waals surface area contributed by atoms with Gasteiger partial charge >= 0.3 is 6.03 Å². The minimum atomic E-state index is -0.311. The Balaban J connectivity index is 1.72. The number of nitrogens with zero attached hydrogens (tertiary/aromatic N) is 2. The number of nitrogens with one attached hydrogen (secondary N) is 1. The molecule has 0 aliphatic carbocycles. The van der Waals surface area contributed by atoms with Crippen molar-refractivity contribution in [1.29, 1.82) is 0 Å². The van der Waals surface area contributed by atoms with E-state index in [9.17, 15) is 9.18 Å². The van der Waals surface area contributed by atoms with Crippen LogP contribution in [0.5, 0.6) is 0 Å². The van der Waals surface area contributed by atoms with Gasteiger partial charge in [-0.1, -0.05) is 0 Å². The van der Waals surface area contributed by atoms with Crippen LogP contribution in [-0.4, -0.2) is 61.8 Å². The maximum absolute atomic E-state index is 12.9. The maximum Gasteiger partial charge on any atom is 0.322 e. The van der Waals surface area contributed by atoms with E-state index in [-0.39, 0.29) is 17.9 Å². The molecule has 2 fully saturated rings. The van der Waals surface area contributed by atoms with E-state index in [4.69, 9.17) is 4.74 Å². The highest BCUT2D eigenvalue weighted by Crippen LogP contribution is 2.20. The van der Waals surface area contributed by atoms with Crippen LogP contribution in [0.4, 0.5) is 14.9 Å². The van der Waals surface area contributed by atoms with E-state index in [0.29, 0.717) is 31.4 Å². The van der Waals surface area contributed by atoms with Crippen LogP contribution in [0, 0.1) is 11.7 Å². The Bertz CT molecular complexity index is 508. The Morgan fingerprint density at radius 3 is 2.76 bits per heavy atom. The van der Waals surface area contributed by atoms with Crippen molar-refractivity contribution in [2.75, 3.05) is 45.2 Å². The first-order valence-electron chi connectivity index (χ1n) is 7.21. The third kappa shape index (κ3) is 3.33. The van der Waals surface area contributed by atoms with Gasteiger partial charge in [-0.25, -0.2) is 9.18 Å². The van der Waals surface area contributed by atoms with Gasteiger partial charge in [0.15, 0.2) is 0 Å². The summed E-state index contributed by atoms with van der Waals surface area (Å²) in [6.45, 7) is 3.71. The zero-order valence-electron chi connectivity index (χ0n) is 12.1. The molecular weight excluding hydrogens is 273 g/mol. The van der Waals surface area contributed by atoms with Crippen molar-refractivity contribution < 1.29 is 13.9 Å². The van der Waals surface area contributed by atoms with Gasteiger partial charge in [-0.05, 0) is 31.3 Å². The van der Waals surface area contributed by atoms with Crippen LogP contribution in [0.3, 0.4) is 0 Å². The lowest BCUT2D eigenvalue weighted by Gasteiger charge is -2.29. The van der Waals surface area contributed by atoms with Crippen LogP contribution in [-0.2, 0) is 4.74 Å². The van der Waals surface area contributed by atoms with E-state index in [2.05, 4.69) is 17.3 Å². The van der Waals surface area contributed by atoms with Crippen LogP contribution in [0.2, 0.25) is 0 Å². The summed E-state index contributed by atoms with van der Waals surface area (Å²) >= 11 is 0. The number of hydrogen-bond acceptors (Lipinski definition) is 3. The van der Waals surface area contributed by atoms with Gasteiger partial charge in [0.05, 0.1) is 19.3 Å². The largest absolute Gasteiger partial charge is 0.379 e. The van der Waals surface area contributed by atoms with Gasteiger partial charge in [-0.2, -0.15) is 0 Å². The number of likely N-dealkylation sites (N-methyl/N-ethyl adjacent to an activating group) is 1. The molecule has 2 amide bonds. The highest BCUT2D eigenvalue weighted by Gasteiger charge is 2.34. The summed E-state index contributed by atoms with van der Waals surface area (Å²) in [7, 11) is 2.08. The molecule has 114 valence electrons. The van der Waals surface area contributed by atoms with E-state index in [1.807, 2.05) is 4.90 Å². The van der Waals surface area contributed by atoms with E-state index in [1.165, 1.54) is 12.1 Å². The Morgan fingerprint density at radius 2 is 2.00 bits per heavy atom. The van der Waals surface area contributed by atoms with Crippen molar-refractivity contribution in [1.82, 2.24) is 9.80 Å². The summed E-state index contributed by atoms with van der Waals surface area (Å²) in [6, 6.07) is 5.74. The summed E-state index contributed by atoms with van der Waals surface area (Å²) in [5.74, 6) is 0.0233. The Labute approximate surface area is 123 Å². The third-order valence-corrected chi connectivity index (χ3v) is 4.01.